The molecule has 0 aliphatic carbocycles. The van der Waals surface area contributed by atoms with Crippen molar-refractivity contribution in [3.63, 3.8) is 0 Å². The van der Waals surface area contributed by atoms with Gasteiger partial charge in [-0.05, 0) is 17.0 Å². The van der Waals surface area contributed by atoms with Crippen LogP contribution < -0.4 is 0 Å². The van der Waals surface area contributed by atoms with Gasteiger partial charge in [0.15, 0.2) is 0 Å². The van der Waals surface area contributed by atoms with Crippen molar-refractivity contribution in [1.82, 2.24) is 9.80 Å². The van der Waals surface area contributed by atoms with Crippen molar-refractivity contribution >= 4 is 17.2 Å². The number of carbonyl (C=O) groups excluding carboxylic acids is 1. The van der Waals surface area contributed by atoms with Gasteiger partial charge in [0, 0.05) is 38.0 Å². The molecule has 2 heterocycles. The van der Waals surface area contributed by atoms with Crippen LogP contribution in [0.4, 0.5) is 0 Å². The molecule has 1 amide bonds. The molecule has 1 saturated heterocycles. The van der Waals surface area contributed by atoms with Crippen molar-refractivity contribution in [2.45, 2.75) is 19.5 Å². The first-order valence-electron chi connectivity index (χ1n) is 7.31. The number of rotatable bonds is 3. The first-order valence-corrected chi connectivity index (χ1v) is 8.19. The quantitative estimate of drug-likeness (QED) is 0.869. The summed E-state index contributed by atoms with van der Waals surface area (Å²) in [5.74, 6) is 0.173. The van der Waals surface area contributed by atoms with E-state index in [1.807, 2.05) is 11.0 Å². The Bertz CT molecular complexity index is 582. The molecule has 0 bridgehead atoms. The predicted octanol–water partition coefficient (Wildman–Crippen LogP) is 3.15. The minimum absolute atomic E-state index is 0.173. The molecule has 21 heavy (non-hydrogen) atoms. The maximum atomic E-state index is 11.7. The molecule has 0 radical (unpaired) electrons. The molecule has 0 saturated carbocycles. The number of benzene rings is 1. The van der Waals surface area contributed by atoms with E-state index in [1.165, 1.54) is 10.4 Å². The van der Waals surface area contributed by atoms with E-state index in [2.05, 4.69) is 46.7 Å². The zero-order valence-electron chi connectivity index (χ0n) is 12.2. The number of amides is 1. The molecule has 0 spiro atoms. The number of carbonyl (C=O) groups is 1. The van der Waals surface area contributed by atoms with E-state index in [4.69, 9.17) is 0 Å². The number of piperazine rings is 1. The molecular formula is C17H20N2OS. The van der Waals surface area contributed by atoms with E-state index in [-0.39, 0.29) is 11.9 Å². The van der Waals surface area contributed by atoms with E-state index >= 15 is 0 Å². The van der Waals surface area contributed by atoms with Crippen molar-refractivity contribution in [2.24, 2.45) is 0 Å². The molecule has 1 aliphatic heterocycles. The zero-order chi connectivity index (χ0) is 14.7. The molecule has 1 aliphatic rings. The fourth-order valence-electron chi connectivity index (χ4n) is 2.89. The fraction of sp³-hybridized carbons (Fsp3) is 0.353. The highest BCUT2D eigenvalue weighted by atomic mass is 32.1. The molecule has 1 aromatic carbocycles. The van der Waals surface area contributed by atoms with Crippen LogP contribution in [0.3, 0.4) is 0 Å². The Hall–Kier alpha value is -1.65. The maximum Gasteiger partial charge on any atom is 0.219 e. The molecule has 3 nitrogen and oxygen atoms in total. The lowest BCUT2D eigenvalue weighted by Gasteiger charge is -2.41. The highest BCUT2D eigenvalue weighted by Crippen LogP contribution is 2.28. The third-order valence-electron chi connectivity index (χ3n) is 4.06. The van der Waals surface area contributed by atoms with Crippen molar-refractivity contribution in [1.29, 1.82) is 0 Å². The second-order valence-electron chi connectivity index (χ2n) is 5.44. The smallest absolute Gasteiger partial charge is 0.219 e. The van der Waals surface area contributed by atoms with Gasteiger partial charge >= 0.3 is 0 Å². The van der Waals surface area contributed by atoms with Gasteiger partial charge in [-0.2, -0.15) is 0 Å². The highest BCUT2D eigenvalue weighted by molar-refractivity contribution is 7.09. The summed E-state index contributed by atoms with van der Waals surface area (Å²) in [6.07, 6.45) is 0. The average molecular weight is 300 g/mol. The standard InChI is InChI=1S/C17H20N2OS/c1-14(20)18-9-10-19(12-16-8-5-11-21-16)17(13-18)15-6-3-2-4-7-15/h2-8,11,17H,9-10,12-13H2,1H3/t17-/m0/s1. The van der Waals surface area contributed by atoms with Gasteiger partial charge in [0.05, 0.1) is 6.04 Å². The lowest BCUT2D eigenvalue weighted by atomic mass is 10.0. The Balaban J connectivity index is 1.82. The average Bonchev–Trinajstić information content (AvgIpc) is 3.01. The summed E-state index contributed by atoms with van der Waals surface area (Å²) >= 11 is 1.80. The van der Waals surface area contributed by atoms with Crippen molar-refractivity contribution in [2.75, 3.05) is 19.6 Å². The summed E-state index contributed by atoms with van der Waals surface area (Å²) in [7, 11) is 0. The van der Waals surface area contributed by atoms with Gasteiger partial charge in [0.1, 0.15) is 0 Å². The lowest BCUT2D eigenvalue weighted by molar-refractivity contribution is -0.132. The van der Waals surface area contributed by atoms with Gasteiger partial charge in [-0.1, -0.05) is 36.4 Å². The van der Waals surface area contributed by atoms with Crippen molar-refractivity contribution in [3.8, 4) is 0 Å². The molecule has 4 heteroatoms. The SMILES string of the molecule is CC(=O)N1CCN(Cc2cccs2)[C@H](c2ccccc2)C1. The minimum atomic E-state index is 0.173. The van der Waals surface area contributed by atoms with Gasteiger partial charge < -0.3 is 4.90 Å². The Labute approximate surface area is 129 Å². The summed E-state index contributed by atoms with van der Waals surface area (Å²) in [4.78, 5) is 17.5. The van der Waals surface area contributed by atoms with Crippen LogP contribution in [0.1, 0.15) is 23.4 Å². The molecule has 0 unspecified atom stereocenters. The van der Waals surface area contributed by atoms with Crippen LogP contribution in [0.25, 0.3) is 0 Å². The first-order chi connectivity index (χ1) is 10.2. The zero-order valence-corrected chi connectivity index (χ0v) is 13.1. The predicted molar refractivity (Wildman–Crippen MR) is 86.2 cm³/mol. The van der Waals surface area contributed by atoms with Gasteiger partial charge in [0.25, 0.3) is 0 Å². The Morgan fingerprint density at radius 1 is 1.19 bits per heavy atom. The van der Waals surface area contributed by atoms with Crippen molar-refractivity contribution < 1.29 is 4.79 Å². The van der Waals surface area contributed by atoms with Crippen LogP contribution in [-0.2, 0) is 11.3 Å². The number of thiophene rings is 1. The summed E-state index contributed by atoms with van der Waals surface area (Å²) in [6, 6.07) is 15.1. The Morgan fingerprint density at radius 2 is 2.00 bits per heavy atom. The van der Waals surface area contributed by atoms with E-state index in [1.54, 1.807) is 18.3 Å². The minimum Gasteiger partial charge on any atom is -0.340 e. The molecule has 0 N–H and O–H groups in total. The summed E-state index contributed by atoms with van der Waals surface area (Å²) < 4.78 is 0. The normalized spacial score (nSPS) is 19.7. The Kier molecular flexibility index (Phi) is 4.36. The van der Waals surface area contributed by atoms with Crippen LogP contribution in [-0.4, -0.2) is 35.3 Å². The maximum absolute atomic E-state index is 11.7. The third-order valence-corrected chi connectivity index (χ3v) is 4.92. The fourth-order valence-corrected chi connectivity index (χ4v) is 3.62. The summed E-state index contributed by atoms with van der Waals surface area (Å²) in [5.41, 5.74) is 1.29. The van der Waals surface area contributed by atoms with E-state index in [0.29, 0.717) is 0 Å². The first kappa shape index (κ1) is 14.3. The molecule has 110 valence electrons. The molecule has 2 aromatic rings. The van der Waals surface area contributed by atoms with Gasteiger partial charge in [-0.3, -0.25) is 9.69 Å². The number of nitrogens with zero attached hydrogens (tertiary/aromatic N) is 2. The van der Waals surface area contributed by atoms with Crippen LogP contribution >= 0.6 is 11.3 Å². The largest absolute Gasteiger partial charge is 0.340 e. The summed E-state index contributed by atoms with van der Waals surface area (Å²) in [6.45, 7) is 5.16. The van der Waals surface area contributed by atoms with Gasteiger partial charge in [0.2, 0.25) is 5.91 Å². The van der Waals surface area contributed by atoms with E-state index in [9.17, 15) is 4.79 Å². The van der Waals surface area contributed by atoms with Crippen LogP contribution in [0.15, 0.2) is 47.8 Å². The second-order valence-corrected chi connectivity index (χ2v) is 6.47. The van der Waals surface area contributed by atoms with Crippen LogP contribution in [0.2, 0.25) is 0 Å². The molecule has 1 atom stereocenters. The monoisotopic (exact) mass is 300 g/mol. The van der Waals surface area contributed by atoms with Crippen LogP contribution in [0, 0.1) is 0 Å². The molecule has 1 fully saturated rings. The molecular weight excluding hydrogens is 280 g/mol. The third kappa shape index (κ3) is 3.34. The highest BCUT2D eigenvalue weighted by Gasteiger charge is 2.29. The van der Waals surface area contributed by atoms with E-state index in [0.717, 1.165) is 26.2 Å². The molecule has 1 aromatic heterocycles. The topological polar surface area (TPSA) is 23.6 Å². The molecule has 3 rings (SSSR count). The van der Waals surface area contributed by atoms with Gasteiger partial charge in [-0.25, -0.2) is 0 Å². The van der Waals surface area contributed by atoms with Crippen LogP contribution in [0.5, 0.6) is 0 Å². The van der Waals surface area contributed by atoms with Crippen molar-refractivity contribution in [3.05, 3.63) is 58.3 Å². The lowest BCUT2D eigenvalue weighted by Crippen LogP contribution is -2.49. The summed E-state index contributed by atoms with van der Waals surface area (Å²) in [5, 5.41) is 2.12. The second kappa shape index (κ2) is 6.41. The van der Waals surface area contributed by atoms with E-state index < -0.39 is 0 Å². The Morgan fingerprint density at radius 3 is 2.67 bits per heavy atom. The number of hydrogen-bond donors (Lipinski definition) is 0. The van der Waals surface area contributed by atoms with Gasteiger partial charge in [-0.15, -0.1) is 11.3 Å². The number of hydrogen-bond acceptors (Lipinski definition) is 3.